The fraction of sp³-hybridized carbons (Fsp3) is 0.263. The van der Waals surface area contributed by atoms with E-state index in [9.17, 15) is 19.2 Å². The van der Waals surface area contributed by atoms with Gasteiger partial charge < -0.3 is 14.0 Å². The van der Waals surface area contributed by atoms with E-state index in [1.54, 1.807) is 44.3 Å². The first-order valence-electron chi connectivity index (χ1n) is 8.27. The fourth-order valence-electron chi connectivity index (χ4n) is 2.23. The molecule has 8 heteroatoms. The zero-order valence-electron chi connectivity index (χ0n) is 15.1. The topological polar surface area (TPSA) is 94.9 Å². The first kappa shape index (κ1) is 19.9. The van der Waals surface area contributed by atoms with Crippen molar-refractivity contribution in [2.24, 2.45) is 7.05 Å². The van der Waals surface area contributed by atoms with Gasteiger partial charge in [0, 0.05) is 25.0 Å². The molecule has 2 aromatic rings. The van der Waals surface area contributed by atoms with Crippen molar-refractivity contribution in [3.63, 3.8) is 0 Å². The lowest BCUT2D eigenvalue weighted by molar-refractivity contribution is -0.142. The zero-order chi connectivity index (χ0) is 19.8. The van der Waals surface area contributed by atoms with Crippen molar-refractivity contribution < 1.29 is 23.9 Å². The van der Waals surface area contributed by atoms with Crippen molar-refractivity contribution in [1.82, 2.24) is 4.57 Å². The highest BCUT2D eigenvalue weighted by atomic mass is 16.5. The van der Waals surface area contributed by atoms with Crippen LogP contribution in [0.5, 0.6) is 0 Å². The molecule has 1 amide bonds. The molecule has 0 aliphatic rings. The lowest BCUT2D eigenvalue weighted by atomic mass is 10.2. The van der Waals surface area contributed by atoms with Crippen molar-refractivity contribution in [3.8, 4) is 0 Å². The lowest BCUT2D eigenvalue weighted by Gasteiger charge is -2.21. The number of esters is 2. The molecule has 0 spiro atoms. The van der Waals surface area contributed by atoms with E-state index in [1.165, 1.54) is 21.7 Å². The van der Waals surface area contributed by atoms with Gasteiger partial charge in [-0.25, -0.2) is 4.79 Å². The number of ether oxygens (including phenoxy) is 2. The SMILES string of the molecule is CCOC(=O)CN(C(=O)COC(=O)c1ccn(C)c(=O)c1)c1ccccc1. The Labute approximate surface area is 155 Å². The van der Waals surface area contributed by atoms with E-state index in [-0.39, 0.29) is 24.3 Å². The molecule has 0 saturated heterocycles. The van der Waals surface area contributed by atoms with Gasteiger partial charge in [-0.2, -0.15) is 0 Å². The molecule has 8 nitrogen and oxygen atoms in total. The van der Waals surface area contributed by atoms with Crippen LogP contribution >= 0.6 is 0 Å². The highest BCUT2D eigenvalue weighted by Crippen LogP contribution is 2.14. The van der Waals surface area contributed by atoms with Gasteiger partial charge in [0.1, 0.15) is 6.54 Å². The average molecular weight is 372 g/mol. The second-order valence-electron chi connectivity index (χ2n) is 5.56. The molecule has 0 aliphatic heterocycles. The molecule has 27 heavy (non-hydrogen) atoms. The third-order valence-corrected chi connectivity index (χ3v) is 3.63. The Morgan fingerprint density at radius 3 is 2.41 bits per heavy atom. The summed E-state index contributed by atoms with van der Waals surface area (Å²) in [5.74, 6) is -1.97. The number of carbonyl (C=O) groups excluding carboxylic acids is 3. The van der Waals surface area contributed by atoms with Crippen molar-refractivity contribution in [2.45, 2.75) is 6.92 Å². The summed E-state index contributed by atoms with van der Waals surface area (Å²) in [5, 5.41) is 0. The summed E-state index contributed by atoms with van der Waals surface area (Å²) < 4.78 is 11.2. The van der Waals surface area contributed by atoms with E-state index in [0.29, 0.717) is 5.69 Å². The highest BCUT2D eigenvalue weighted by Gasteiger charge is 2.21. The Morgan fingerprint density at radius 2 is 1.78 bits per heavy atom. The minimum Gasteiger partial charge on any atom is -0.465 e. The van der Waals surface area contributed by atoms with E-state index in [1.807, 2.05) is 0 Å². The van der Waals surface area contributed by atoms with Crippen LogP contribution in [-0.4, -0.2) is 42.2 Å². The van der Waals surface area contributed by atoms with Gasteiger partial charge in [-0.1, -0.05) is 18.2 Å². The highest BCUT2D eigenvalue weighted by molar-refractivity contribution is 6.00. The number of pyridine rings is 1. The minimum atomic E-state index is -0.801. The summed E-state index contributed by atoms with van der Waals surface area (Å²) in [6, 6.07) is 11.0. The second kappa shape index (κ2) is 9.33. The van der Waals surface area contributed by atoms with E-state index >= 15 is 0 Å². The van der Waals surface area contributed by atoms with E-state index in [2.05, 4.69) is 0 Å². The van der Waals surface area contributed by atoms with Gasteiger partial charge in [0.2, 0.25) is 0 Å². The maximum Gasteiger partial charge on any atom is 0.338 e. The maximum atomic E-state index is 12.5. The molecule has 142 valence electrons. The number of benzene rings is 1. The molecule has 1 aromatic carbocycles. The van der Waals surface area contributed by atoms with Gasteiger partial charge in [-0.15, -0.1) is 0 Å². The normalized spacial score (nSPS) is 10.1. The number of rotatable bonds is 7. The molecule has 1 aromatic heterocycles. The van der Waals surface area contributed by atoms with Crippen LogP contribution in [0.4, 0.5) is 5.69 Å². The van der Waals surface area contributed by atoms with Gasteiger partial charge in [-0.3, -0.25) is 19.3 Å². The molecule has 0 radical (unpaired) electrons. The molecule has 0 bridgehead atoms. The number of nitrogens with zero attached hydrogens (tertiary/aromatic N) is 2. The molecular weight excluding hydrogens is 352 g/mol. The Morgan fingerprint density at radius 1 is 1.07 bits per heavy atom. The number of para-hydroxylation sites is 1. The number of anilines is 1. The van der Waals surface area contributed by atoms with Crippen molar-refractivity contribution in [1.29, 1.82) is 0 Å². The molecule has 2 rings (SSSR count). The van der Waals surface area contributed by atoms with Crippen LogP contribution in [0, 0.1) is 0 Å². The largest absolute Gasteiger partial charge is 0.465 e. The number of hydrogen-bond donors (Lipinski definition) is 0. The van der Waals surface area contributed by atoms with Crippen LogP contribution in [-0.2, 0) is 26.1 Å². The zero-order valence-corrected chi connectivity index (χ0v) is 15.1. The van der Waals surface area contributed by atoms with Crippen LogP contribution in [0.1, 0.15) is 17.3 Å². The van der Waals surface area contributed by atoms with Crippen molar-refractivity contribution in [3.05, 3.63) is 64.6 Å². The van der Waals surface area contributed by atoms with Gasteiger partial charge in [0.15, 0.2) is 6.61 Å². The molecule has 0 N–H and O–H groups in total. The molecule has 0 unspecified atom stereocenters. The predicted octanol–water partition coefficient (Wildman–Crippen LogP) is 1.14. The Balaban J connectivity index is 2.08. The summed E-state index contributed by atoms with van der Waals surface area (Å²) in [7, 11) is 1.55. The summed E-state index contributed by atoms with van der Waals surface area (Å²) in [6.07, 6.45) is 1.43. The van der Waals surface area contributed by atoms with Gasteiger partial charge in [0.05, 0.1) is 12.2 Å². The van der Waals surface area contributed by atoms with Crippen LogP contribution in [0.2, 0.25) is 0 Å². The molecule has 0 atom stereocenters. The number of amides is 1. The Hall–Kier alpha value is -3.42. The van der Waals surface area contributed by atoms with Gasteiger partial charge in [-0.05, 0) is 25.1 Å². The smallest absolute Gasteiger partial charge is 0.338 e. The van der Waals surface area contributed by atoms with Crippen LogP contribution in [0.3, 0.4) is 0 Å². The maximum absolute atomic E-state index is 12.5. The van der Waals surface area contributed by atoms with Gasteiger partial charge in [0.25, 0.3) is 11.5 Å². The molecular formula is C19H20N2O6. The molecule has 0 fully saturated rings. The summed E-state index contributed by atoms with van der Waals surface area (Å²) in [5.41, 5.74) is 0.145. The summed E-state index contributed by atoms with van der Waals surface area (Å²) >= 11 is 0. The molecule has 0 saturated carbocycles. The van der Waals surface area contributed by atoms with E-state index in [4.69, 9.17) is 9.47 Å². The first-order valence-corrected chi connectivity index (χ1v) is 8.27. The van der Waals surface area contributed by atoms with Crippen LogP contribution in [0.15, 0.2) is 53.5 Å². The monoisotopic (exact) mass is 372 g/mol. The standard InChI is InChI=1S/C19H20N2O6/c1-3-26-18(24)12-21(15-7-5-4-6-8-15)17(23)13-27-19(25)14-9-10-20(2)16(22)11-14/h4-11H,3,12-13H2,1-2H3. The number of hydrogen-bond acceptors (Lipinski definition) is 6. The number of aromatic nitrogens is 1. The van der Waals surface area contributed by atoms with Crippen LogP contribution in [0.25, 0.3) is 0 Å². The minimum absolute atomic E-state index is 0.0440. The Bertz CT molecular complexity index is 875. The fourth-order valence-corrected chi connectivity index (χ4v) is 2.23. The van der Waals surface area contributed by atoms with Gasteiger partial charge >= 0.3 is 11.9 Å². The Kier molecular flexibility index (Phi) is 6.87. The van der Waals surface area contributed by atoms with Crippen molar-refractivity contribution >= 4 is 23.5 Å². The first-order chi connectivity index (χ1) is 12.9. The number of aryl methyl sites for hydroxylation is 1. The lowest BCUT2D eigenvalue weighted by Crippen LogP contribution is -2.39. The number of carbonyl (C=O) groups is 3. The summed E-state index contributed by atoms with van der Waals surface area (Å²) in [6.45, 7) is 0.967. The summed E-state index contributed by atoms with van der Waals surface area (Å²) in [4.78, 5) is 49.1. The third-order valence-electron chi connectivity index (χ3n) is 3.63. The van der Waals surface area contributed by atoms with Crippen molar-refractivity contribution in [2.75, 3.05) is 24.7 Å². The molecule has 1 heterocycles. The third kappa shape index (κ3) is 5.53. The quantitative estimate of drug-likeness (QED) is 0.677. The van der Waals surface area contributed by atoms with E-state index < -0.39 is 24.5 Å². The molecule has 0 aliphatic carbocycles. The van der Waals surface area contributed by atoms with Crippen LogP contribution < -0.4 is 10.5 Å². The van der Waals surface area contributed by atoms with E-state index in [0.717, 1.165) is 6.07 Å². The second-order valence-corrected chi connectivity index (χ2v) is 5.56. The average Bonchev–Trinajstić information content (AvgIpc) is 2.67. The predicted molar refractivity (Wildman–Crippen MR) is 97.4 cm³/mol.